The summed E-state index contributed by atoms with van der Waals surface area (Å²) in [5, 5.41) is 8.66. The molecule has 0 aliphatic carbocycles. The van der Waals surface area contributed by atoms with Crippen molar-refractivity contribution in [3.8, 4) is 0 Å². The highest BCUT2D eigenvalue weighted by atomic mass is 32.2. The van der Waals surface area contributed by atoms with Crippen LogP contribution in [0.5, 0.6) is 0 Å². The summed E-state index contributed by atoms with van der Waals surface area (Å²) in [6.45, 7) is 1.83. The van der Waals surface area contributed by atoms with Gasteiger partial charge in [-0.05, 0) is 12.8 Å². The van der Waals surface area contributed by atoms with Crippen molar-refractivity contribution in [1.29, 1.82) is 0 Å². The molecule has 0 saturated carbocycles. The van der Waals surface area contributed by atoms with Crippen LogP contribution in [0, 0.1) is 0 Å². The van der Waals surface area contributed by atoms with Gasteiger partial charge >= 0.3 is 0 Å². The first-order valence-electron chi connectivity index (χ1n) is 6.30. The molecule has 2 rings (SSSR count). The number of aliphatic hydroxyl groups excluding tert-OH is 1. The second kappa shape index (κ2) is 5.40. The van der Waals surface area contributed by atoms with Gasteiger partial charge in [0, 0.05) is 12.3 Å². The molecule has 1 saturated heterocycles. The van der Waals surface area contributed by atoms with Crippen LogP contribution in [0.4, 0.5) is 0 Å². The Bertz CT molecular complexity index is 494. The van der Waals surface area contributed by atoms with Crippen LogP contribution in [0.3, 0.4) is 0 Å². The predicted octanol–water partition coefficient (Wildman–Crippen LogP) is 1.28. The van der Waals surface area contributed by atoms with E-state index in [1.807, 2.05) is 6.92 Å². The molecule has 1 aliphatic rings. The number of hydrogen-bond donors (Lipinski definition) is 1. The third-order valence-corrected chi connectivity index (χ3v) is 5.72. The van der Waals surface area contributed by atoms with Gasteiger partial charge in [-0.1, -0.05) is 13.3 Å². The lowest BCUT2D eigenvalue weighted by Gasteiger charge is -2.20. The van der Waals surface area contributed by atoms with Crippen molar-refractivity contribution in [1.82, 2.24) is 4.98 Å². The Balaban J connectivity index is 2.07. The molecule has 1 aromatic heterocycles. The molecule has 5 nitrogen and oxygen atoms in total. The summed E-state index contributed by atoms with van der Waals surface area (Å²) in [6.07, 6.45) is 4.32. The molecule has 0 aromatic carbocycles. The topological polar surface area (TPSA) is 80.4 Å². The van der Waals surface area contributed by atoms with Gasteiger partial charge in [0.2, 0.25) is 0 Å². The van der Waals surface area contributed by atoms with Crippen molar-refractivity contribution in [3.63, 3.8) is 0 Å². The molecular formula is C12H19NO4S. The van der Waals surface area contributed by atoms with Crippen LogP contribution in [-0.4, -0.2) is 36.1 Å². The molecule has 18 heavy (non-hydrogen) atoms. The maximum Gasteiger partial charge on any atom is 0.195 e. The average Bonchev–Trinajstić information content (AvgIpc) is 2.79. The molecule has 6 heteroatoms. The van der Waals surface area contributed by atoms with Gasteiger partial charge in [0.05, 0.1) is 23.8 Å². The van der Waals surface area contributed by atoms with E-state index in [4.69, 9.17) is 9.52 Å². The molecule has 0 radical (unpaired) electrons. The van der Waals surface area contributed by atoms with E-state index in [-0.39, 0.29) is 23.5 Å². The molecule has 1 fully saturated rings. The minimum Gasteiger partial charge on any atom is -0.445 e. The fourth-order valence-electron chi connectivity index (χ4n) is 2.18. The first-order chi connectivity index (χ1) is 8.53. The van der Waals surface area contributed by atoms with Gasteiger partial charge in [0.1, 0.15) is 5.76 Å². The molecule has 0 amide bonds. The van der Waals surface area contributed by atoms with Crippen molar-refractivity contribution >= 4 is 9.84 Å². The first kappa shape index (κ1) is 13.5. The Kier molecular flexibility index (Phi) is 4.07. The third-order valence-electron chi connectivity index (χ3n) is 3.45. The summed E-state index contributed by atoms with van der Waals surface area (Å²) in [7, 11) is -2.99. The molecule has 0 bridgehead atoms. The fourth-order valence-corrected chi connectivity index (χ4v) is 4.04. The SMILES string of the molecule is CC(CO)c1cnc(CC2CCCCS2(=O)=O)o1. The number of sulfone groups is 1. The van der Waals surface area contributed by atoms with Crippen LogP contribution < -0.4 is 0 Å². The number of aromatic nitrogens is 1. The number of hydrogen-bond acceptors (Lipinski definition) is 5. The minimum absolute atomic E-state index is 0.00361. The zero-order valence-corrected chi connectivity index (χ0v) is 11.3. The van der Waals surface area contributed by atoms with E-state index in [0.717, 1.165) is 12.8 Å². The van der Waals surface area contributed by atoms with Gasteiger partial charge in [-0.25, -0.2) is 13.4 Å². The van der Waals surface area contributed by atoms with Crippen molar-refractivity contribution in [2.45, 2.75) is 43.8 Å². The maximum atomic E-state index is 11.9. The molecule has 0 spiro atoms. The summed E-state index contributed by atoms with van der Waals surface area (Å²) in [5.41, 5.74) is 0. The molecule has 1 aliphatic heterocycles. The molecule has 1 N–H and O–H groups in total. The summed E-state index contributed by atoms with van der Waals surface area (Å²) in [6, 6.07) is 0. The zero-order valence-electron chi connectivity index (χ0n) is 10.5. The molecular weight excluding hydrogens is 254 g/mol. The predicted molar refractivity (Wildman–Crippen MR) is 67.1 cm³/mol. The zero-order chi connectivity index (χ0) is 13.2. The van der Waals surface area contributed by atoms with Crippen molar-refractivity contribution in [3.05, 3.63) is 17.8 Å². The van der Waals surface area contributed by atoms with Crippen LogP contribution in [0.1, 0.15) is 43.8 Å². The highest BCUT2D eigenvalue weighted by Gasteiger charge is 2.30. The highest BCUT2D eigenvalue weighted by Crippen LogP contribution is 2.24. The number of aliphatic hydroxyl groups is 1. The molecule has 2 unspecified atom stereocenters. The maximum absolute atomic E-state index is 11.9. The van der Waals surface area contributed by atoms with Gasteiger partial charge < -0.3 is 9.52 Å². The molecule has 2 atom stereocenters. The van der Waals surface area contributed by atoms with Gasteiger partial charge in [-0.2, -0.15) is 0 Å². The van der Waals surface area contributed by atoms with E-state index >= 15 is 0 Å². The summed E-state index contributed by atoms with van der Waals surface area (Å²) in [5.74, 6) is 1.24. The fraction of sp³-hybridized carbons (Fsp3) is 0.750. The van der Waals surface area contributed by atoms with Crippen molar-refractivity contribution in [2.24, 2.45) is 0 Å². The third kappa shape index (κ3) is 2.92. The lowest BCUT2D eigenvalue weighted by molar-refractivity contribution is 0.255. The summed E-state index contributed by atoms with van der Waals surface area (Å²) >= 11 is 0. The van der Waals surface area contributed by atoms with E-state index in [1.54, 1.807) is 6.20 Å². The van der Waals surface area contributed by atoms with Gasteiger partial charge in [0.25, 0.3) is 0 Å². The van der Waals surface area contributed by atoms with Gasteiger partial charge in [-0.15, -0.1) is 0 Å². The van der Waals surface area contributed by atoms with Crippen LogP contribution in [0.2, 0.25) is 0 Å². The summed E-state index contributed by atoms with van der Waals surface area (Å²) in [4.78, 5) is 4.10. The Morgan fingerprint density at radius 1 is 1.56 bits per heavy atom. The highest BCUT2D eigenvalue weighted by molar-refractivity contribution is 7.92. The van der Waals surface area contributed by atoms with Crippen LogP contribution in [-0.2, 0) is 16.3 Å². The smallest absolute Gasteiger partial charge is 0.195 e. The van der Waals surface area contributed by atoms with E-state index in [9.17, 15) is 8.42 Å². The monoisotopic (exact) mass is 273 g/mol. The molecule has 102 valence electrons. The number of rotatable bonds is 4. The largest absolute Gasteiger partial charge is 0.445 e. The van der Waals surface area contributed by atoms with Crippen LogP contribution in [0.25, 0.3) is 0 Å². The Labute approximate surface area is 107 Å². The minimum atomic E-state index is -2.99. The number of oxazole rings is 1. The van der Waals surface area contributed by atoms with E-state index in [1.165, 1.54) is 0 Å². The first-order valence-corrected chi connectivity index (χ1v) is 8.01. The van der Waals surface area contributed by atoms with E-state index in [0.29, 0.717) is 24.5 Å². The van der Waals surface area contributed by atoms with Gasteiger partial charge in [0.15, 0.2) is 15.7 Å². The Morgan fingerprint density at radius 3 is 3.00 bits per heavy atom. The normalized spacial score (nSPS) is 24.9. The average molecular weight is 273 g/mol. The summed E-state index contributed by atoms with van der Waals surface area (Å²) < 4.78 is 29.2. The quantitative estimate of drug-likeness (QED) is 0.893. The van der Waals surface area contributed by atoms with Crippen molar-refractivity contribution in [2.75, 3.05) is 12.4 Å². The lowest BCUT2D eigenvalue weighted by atomic mass is 10.1. The van der Waals surface area contributed by atoms with Crippen molar-refractivity contribution < 1.29 is 17.9 Å². The Morgan fingerprint density at radius 2 is 2.33 bits per heavy atom. The second-order valence-electron chi connectivity index (χ2n) is 4.93. The standard InChI is InChI=1S/C12H19NO4S/c1-9(8-14)11-7-13-12(17-11)6-10-4-2-3-5-18(10,15)16/h7,9-10,14H,2-6,8H2,1H3. The van der Waals surface area contributed by atoms with Crippen LogP contribution >= 0.6 is 0 Å². The van der Waals surface area contributed by atoms with Gasteiger partial charge in [-0.3, -0.25) is 0 Å². The second-order valence-corrected chi connectivity index (χ2v) is 7.33. The molecule has 2 heterocycles. The lowest BCUT2D eigenvalue weighted by Crippen LogP contribution is -2.30. The number of nitrogens with zero attached hydrogens (tertiary/aromatic N) is 1. The van der Waals surface area contributed by atoms with E-state index in [2.05, 4.69) is 4.98 Å². The molecule has 1 aromatic rings. The van der Waals surface area contributed by atoms with E-state index < -0.39 is 9.84 Å². The Hall–Kier alpha value is -0.880. The van der Waals surface area contributed by atoms with Crippen LogP contribution in [0.15, 0.2) is 10.6 Å².